The fraction of sp³-hybridized carbons (Fsp3) is 0.522. The van der Waals surface area contributed by atoms with E-state index in [0.717, 1.165) is 13.1 Å². The molecule has 0 aliphatic carbocycles. The third-order valence-electron chi connectivity index (χ3n) is 6.05. The van der Waals surface area contributed by atoms with Gasteiger partial charge in [0.1, 0.15) is 17.9 Å². The Balaban J connectivity index is 1.73. The Bertz CT molecular complexity index is 1140. The van der Waals surface area contributed by atoms with Gasteiger partial charge >= 0.3 is 11.9 Å². The van der Waals surface area contributed by atoms with Crippen LogP contribution in [0.15, 0.2) is 17.1 Å². The van der Waals surface area contributed by atoms with E-state index in [4.69, 9.17) is 14.2 Å². The molecular weight excluding hydrogens is 433 g/mol. The number of hydrogen-bond donors (Lipinski definition) is 0. The molecule has 0 spiro atoms. The second-order valence-corrected chi connectivity index (χ2v) is 8.48. The van der Waals surface area contributed by atoms with Crippen molar-refractivity contribution in [2.45, 2.75) is 32.7 Å². The quantitative estimate of drug-likeness (QED) is 0.478. The Morgan fingerprint density at radius 1 is 1.21 bits per heavy atom. The fourth-order valence-electron chi connectivity index (χ4n) is 4.18. The predicted molar refractivity (Wildman–Crippen MR) is 119 cm³/mol. The van der Waals surface area contributed by atoms with Crippen molar-refractivity contribution in [1.82, 2.24) is 9.47 Å². The zero-order valence-corrected chi connectivity index (χ0v) is 19.1. The molecule has 9 nitrogen and oxygen atoms in total. The number of piperazine rings is 1. The van der Waals surface area contributed by atoms with Gasteiger partial charge in [-0.25, -0.2) is 9.18 Å². The summed E-state index contributed by atoms with van der Waals surface area (Å²) in [5.74, 6) is -1.68. The highest BCUT2D eigenvalue weighted by Crippen LogP contribution is 2.42. The van der Waals surface area contributed by atoms with Crippen molar-refractivity contribution in [2.75, 3.05) is 51.5 Å². The molecule has 3 heterocycles. The van der Waals surface area contributed by atoms with Crippen LogP contribution in [0.1, 0.15) is 43.1 Å². The summed E-state index contributed by atoms with van der Waals surface area (Å²) in [4.78, 5) is 41.3. The van der Waals surface area contributed by atoms with E-state index in [2.05, 4.69) is 4.90 Å². The predicted octanol–water partition coefficient (Wildman–Crippen LogP) is 2.30. The Kier molecular flexibility index (Phi) is 6.55. The number of carbonyl (C=O) groups is 2. The molecule has 1 fully saturated rings. The number of pyridine rings is 1. The highest BCUT2D eigenvalue weighted by Gasteiger charge is 2.31. The molecule has 2 aromatic rings. The molecule has 10 heteroatoms. The van der Waals surface area contributed by atoms with Gasteiger partial charge in [-0.1, -0.05) is 6.92 Å². The zero-order valence-electron chi connectivity index (χ0n) is 19.1. The molecule has 0 amide bonds. The molecule has 4 rings (SSSR count). The number of carbonyl (C=O) groups excluding carboxylic acids is 2. The number of hydrogen-bond acceptors (Lipinski definition) is 8. The van der Waals surface area contributed by atoms with E-state index in [0.29, 0.717) is 36.5 Å². The smallest absolute Gasteiger partial charge is 0.346 e. The summed E-state index contributed by atoms with van der Waals surface area (Å²) >= 11 is 0. The second-order valence-electron chi connectivity index (χ2n) is 8.48. The van der Waals surface area contributed by atoms with Crippen LogP contribution in [-0.2, 0) is 14.3 Å². The van der Waals surface area contributed by atoms with Crippen LogP contribution in [0.2, 0.25) is 0 Å². The van der Waals surface area contributed by atoms with Gasteiger partial charge in [0.25, 0.3) is 0 Å². The monoisotopic (exact) mass is 461 g/mol. The van der Waals surface area contributed by atoms with Crippen molar-refractivity contribution in [2.24, 2.45) is 0 Å². The van der Waals surface area contributed by atoms with Crippen LogP contribution < -0.4 is 15.1 Å². The van der Waals surface area contributed by atoms with E-state index in [-0.39, 0.29) is 30.0 Å². The van der Waals surface area contributed by atoms with Gasteiger partial charge in [0, 0.05) is 38.8 Å². The maximum atomic E-state index is 15.3. The van der Waals surface area contributed by atoms with Crippen LogP contribution in [0.4, 0.5) is 10.1 Å². The van der Waals surface area contributed by atoms with Gasteiger partial charge in [-0.3, -0.25) is 9.59 Å². The highest BCUT2D eigenvalue weighted by molar-refractivity contribution is 5.98. The molecule has 178 valence electrons. The maximum Gasteiger partial charge on any atom is 0.346 e. The number of benzene rings is 1. The summed E-state index contributed by atoms with van der Waals surface area (Å²) in [6, 6.07) is 0.977. The van der Waals surface area contributed by atoms with E-state index in [1.807, 2.05) is 25.8 Å². The number of rotatable bonds is 6. The summed E-state index contributed by atoms with van der Waals surface area (Å²) in [5.41, 5.74) is -0.108. The van der Waals surface area contributed by atoms with Gasteiger partial charge in [-0.15, -0.1) is 0 Å². The molecule has 0 radical (unpaired) electrons. The minimum atomic E-state index is -0.932. The first kappa shape index (κ1) is 23.0. The maximum absolute atomic E-state index is 15.3. The molecule has 0 unspecified atom stereocenters. The molecule has 1 aromatic carbocycles. The molecule has 0 bridgehead atoms. The largest absolute Gasteiger partial charge is 0.487 e. The van der Waals surface area contributed by atoms with Crippen molar-refractivity contribution in [3.8, 4) is 5.75 Å². The van der Waals surface area contributed by atoms with Crippen LogP contribution >= 0.6 is 0 Å². The summed E-state index contributed by atoms with van der Waals surface area (Å²) in [5, 5.41) is 0.0457. The summed E-state index contributed by atoms with van der Waals surface area (Å²) in [6.07, 6.45) is 2.23. The molecule has 1 atom stereocenters. The number of anilines is 1. The topological polar surface area (TPSA) is 90.3 Å². The third-order valence-corrected chi connectivity index (χ3v) is 6.05. The number of ether oxygens (including phenoxy) is 3. The first-order chi connectivity index (χ1) is 15.8. The molecule has 0 saturated carbocycles. The lowest BCUT2D eigenvalue weighted by molar-refractivity contribution is -0.152. The summed E-state index contributed by atoms with van der Waals surface area (Å²) < 4.78 is 32.8. The van der Waals surface area contributed by atoms with Crippen molar-refractivity contribution >= 4 is 28.5 Å². The van der Waals surface area contributed by atoms with Gasteiger partial charge < -0.3 is 28.6 Å². The molecular formula is C23H28FN3O6. The van der Waals surface area contributed by atoms with E-state index >= 15 is 4.39 Å². The van der Waals surface area contributed by atoms with Crippen LogP contribution in [0.5, 0.6) is 5.75 Å². The minimum absolute atomic E-state index is 0.0457. The molecule has 1 aromatic heterocycles. The second kappa shape index (κ2) is 9.38. The first-order valence-corrected chi connectivity index (χ1v) is 11.1. The number of nitrogens with zero attached hydrogens (tertiary/aromatic N) is 3. The Hall–Kier alpha value is -3.14. The number of esters is 2. The molecule has 2 aliphatic heterocycles. The third kappa shape index (κ3) is 4.39. The van der Waals surface area contributed by atoms with E-state index < -0.39 is 30.0 Å². The Morgan fingerprint density at radius 2 is 1.94 bits per heavy atom. The molecule has 33 heavy (non-hydrogen) atoms. The highest BCUT2D eigenvalue weighted by atomic mass is 19.1. The first-order valence-electron chi connectivity index (χ1n) is 11.1. The zero-order chi connectivity index (χ0) is 23.7. The number of likely N-dealkylation sites (N-methyl/N-ethyl adjacent to an activating group) is 1. The lowest BCUT2D eigenvalue weighted by Crippen LogP contribution is -2.45. The van der Waals surface area contributed by atoms with Gasteiger partial charge in [0.05, 0.1) is 16.9 Å². The van der Waals surface area contributed by atoms with Crippen LogP contribution in [0.25, 0.3) is 10.9 Å². The van der Waals surface area contributed by atoms with E-state index in [1.54, 1.807) is 4.57 Å². The lowest BCUT2D eigenvalue weighted by atomic mass is 10.1. The van der Waals surface area contributed by atoms with Gasteiger partial charge in [0.2, 0.25) is 12.2 Å². The standard InChI is InChI=1S/C23H28FN3O6/c1-4-5-18(28)32-13-33-23(30)16-11-27-14(2)12-31-22-19(27)15(21(16)29)10-17(24)20(22)26-8-6-25(3)7-9-26/h10-11,14H,4-9,12-13H2,1-3H3/t14-/m0/s1. The molecule has 1 saturated heterocycles. The van der Waals surface area contributed by atoms with Gasteiger partial charge in [-0.05, 0) is 26.5 Å². The van der Waals surface area contributed by atoms with Crippen LogP contribution in [0.3, 0.4) is 0 Å². The van der Waals surface area contributed by atoms with Crippen molar-refractivity contribution < 1.29 is 28.2 Å². The summed E-state index contributed by atoms with van der Waals surface area (Å²) in [6.45, 7) is 6.22. The van der Waals surface area contributed by atoms with Crippen LogP contribution in [0, 0.1) is 5.82 Å². The average Bonchev–Trinajstić information content (AvgIpc) is 2.78. The number of aromatic nitrogens is 1. The minimum Gasteiger partial charge on any atom is -0.487 e. The van der Waals surface area contributed by atoms with Gasteiger partial charge in [-0.2, -0.15) is 0 Å². The van der Waals surface area contributed by atoms with Crippen LogP contribution in [-0.4, -0.2) is 68.0 Å². The van der Waals surface area contributed by atoms with Crippen molar-refractivity contribution in [3.63, 3.8) is 0 Å². The number of halogens is 1. The van der Waals surface area contributed by atoms with Crippen molar-refractivity contribution in [1.29, 1.82) is 0 Å². The molecule has 2 aliphatic rings. The summed E-state index contributed by atoms with van der Waals surface area (Å²) in [7, 11) is 2.01. The van der Waals surface area contributed by atoms with E-state index in [1.165, 1.54) is 12.3 Å². The fourth-order valence-corrected chi connectivity index (χ4v) is 4.18. The Labute approximate surface area is 190 Å². The lowest BCUT2D eigenvalue weighted by Gasteiger charge is -2.37. The molecule has 0 N–H and O–H groups in total. The van der Waals surface area contributed by atoms with Gasteiger partial charge in [0.15, 0.2) is 11.6 Å². The van der Waals surface area contributed by atoms with Crippen molar-refractivity contribution in [3.05, 3.63) is 33.9 Å². The van der Waals surface area contributed by atoms with E-state index in [9.17, 15) is 14.4 Å². The Morgan fingerprint density at radius 3 is 2.64 bits per heavy atom. The SMILES string of the molecule is CCCC(=O)OCOC(=O)c1cn2c3c(c(N4CCN(C)CC4)c(F)cc3c1=O)OC[C@@H]2C. The normalized spacial score (nSPS) is 18.2. The average molecular weight is 461 g/mol.